The van der Waals surface area contributed by atoms with Crippen molar-refractivity contribution in [3.63, 3.8) is 0 Å². The number of aromatic nitrogens is 2. The van der Waals surface area contributed by atoms with Gasteiger partial charge in [-0.3, -0.25) is 9.88 Å². The van der Waals surface area contributed by atoms with E-state index in [2.05, 4.69) is 16.0 Å². The predicted octanol–water partition coefficient (Wildman–Crippen LogP) is 3.51. The summed E-state index contributed by atoms with van der Waals surface area (Å²) >= 11 is 0. The first-order chi connectivity index (χ1) is 13.2. The highest BCUT2D eigenvalue weighted by Crippen LogP contribution is 2.31. The molecule has 2 amide bonds. The van der Waals surface area contributed by atoms with Crippen LogP contribution in [0, 0.1) is 11.3 Å². The summed E-state index contributed by atoms with van der Waals surface area (Å²) in [6.45, 7) is 0.598. The largest absolute Gasteiger partial charge is 0.351 e. The number of hydrogen-bond acceptors (Lipinski definition) is 4. The molecule has 132 valence electrons. The normalized spacial score (nSPS) is 12.9. The summed E-state index contributed by atoms with van der Waals surface area (Å²) in [5.74, 6) is 0.642. The third kappa shape index (κ3) is 3.23. The van der Waals surface area contributed by atoms with E-state index in [1.54, 1.807) is 24.7 Å². The fraction of sp³-hybridized carbons (Fsp3) is 0.143. The quantitative estimate of drug-likeness (QED) is 0.761. The molecule has 0 fully saturated rings. The number of nitriles is 1. The van der Waals surface area contributed by atoms with E-state index in [1.165, 1.54) is 4.90 Å². The molecule has 3 heterocycles. The highest BCUT2D eigenvalue weighted by atomic mass is 16.2. The lowest BCUT2D eigenvalue weighted by Crippen LogP contribution is -2.40. The van der Waals surface area contributed by atoms with E-state index in [1.807, 2.05) is 30.3 Å². The number of fused-ring (bicyclic) bond motifs is 1. The van der Waals surface area contributed by atoms with Crippen LogP contribution in [0.3, 0.4) is 0 Å². The first kappa shape index (κ1) is 16.7. The van der Waals surface area contributed by atoms with Gasteiger partial charge in [0.2, 0.25) is 0 Å². The molecule has 0 radical (unpaired) electrons. The predicted molar refractivity (Wildman–Crippen MR) is 103 cm³/mol. The van der Waals surface area contributed by atoms with Crippen LogP contribution in [0.25, 0.3) is 22.3 Å². The van der Waals surface area contributed by atoms with Crippen LogP contribution in [0.15, 0.2) is 55.0 Å². The van der Waals surface area contributed by atoms with Gasteiger partial charge in [-0.2, -0.15) is 5.26 Å². The number of aryl methyl sites for hydroxylation is 1. The van der Waals surface area contributed by atoms with Gasteiger partial charge in [-0.25, -0.2) is 9.78 Å². The molecule has 0 atom stereocenters. The molecule has 3 aromatic rings. The van der Waals surface area contributed by atoms with E-state index < -0.39 is 6.03 Å². The molecule has 2 N–H and O–H groups in total. The summed E-state index contributed by atoms with van der Waals surface area (Å²) < 4.78 is 0. The monoisotopic (exact) mass is 355 g/mol. The van der Waals surface area contributed by atoms with Crippen molar-refractivity contribution >= 4 is 11.8 Å². The van der Waals surface area contributed by atoms with Crippen molar-refractivity contribution in [3.05, 3.63) is 66.1 Å². The number of nitrogens with two attached hydrogens (primary N) is 1. The van der Waals surface area contributed by atoms with Gasteiger partial charge in [0.25, 0.3) is 0 Å². The summed E-state index contributed by atoms with van der Waals surface area (Å²) in [5, 5.41) is 9.10. The molecular weight excluding hydrogens is 338 g/mol. The number of benzene rings is 1. The fourth-order valence-corrected chi connectivity index (χ4v) is 3.36. The van der Waals surface area contributed by atoms with Crippen LogP contribution in [0.2, 0.25) is 0 Å². The number of nitrogens with zero attached hydrogens (tertiary/aromatic N) is 4. The Morgan fingerprint density at radius 1 is 1.07 bits per heavy atom. The molecule has 0 spiro atoms. The number of primary amides is 1. The Morgan fingerprint density at radius 3 is 2.63 bits per heavy atom. The molecule has 0 saturated heterocycles. The number of pyridine rings is 2. The molecule has 1 aromatic carbocycles. The Bertz CT molecular complexity index is 1070. The molecule has 1 aliphatic heterocycles. The zero-order chi connectivity index (χ0) is 18.8. The van der Waals surface area contributed by atoms with Gasteiger partial charge in [0, 0.05) is 41.8 Å². The average molecular weight is 355 g/mol. The molecule has 1 aliphatic rings. The molecular formula is C21H17N5O. The van der Waals surface area contributed by atoms with E-state index in [9.17, 15) is 4.79 Å². The smallest absolute Gasteiger partial charge is 0.320 e. The second kappa shape index (κ2) is 6.89. The minimum atomic E-state index is -0.475. The highest BCUT2D eigenvalue weighted by Gasteiger charge is 2.22. The highest BCUT2D eigenvalue weighted by molar-refractivity contribution is 5.91. The van der Waals surface area contributed by atoms with E-state index >= 15 is 0 Å². The molecule has 4 rings (SSSR count). The molecule has 2 aromatic heterocycles. The lowest BCUT2D eigenvalue weighted by molar-refractivity contribution is 0.253. The molecule has 6 nitrogen and oxygen atoms in total. The van der Waals surface area contributed by atoms with Crippen molar-refractivity contribution in [3.8, 4) is 28.3 Å². The Labute approximate surface area is 156 Å². The van der Waals surface area contributed by atoms with Crippen molar-refractivity contribution in [1.29, 1.82) is 5.26 Å². The molecule has 0 bridgehead atoms. The van der Waals surface area contributed by atoms with Crippen molar-refractivity contribution < 1.29 is 4.79 Å². The number of hydrogen-bond donors (Lipinski definition) is 1. The van der Waals surface area contributed by atoms with E-state index in [-0.39, 0.29) is 0 Å². The van der Waals surface area contributed by atoms with Crippen LogP contribution in [0.5, 0.6) is 0 Å². The summed E-state index contributed by atoms with van der Waals surface area (Å²) in [6.07, 6.45) is 7.03. The molecule has 27 heavy (non-hydrogen) atoms. The van der Waals surface area contributed by atoms with Gasteiger partial charge >= 0.3 is 6.03 Å². The van der Waals surface area contributed by atoms with E-state index in [0.29, 0.717) is 17.9 Å². The zero-order valence-corrected chi connectivity index (χ0v) is 14.6. The Morgan fingerprint density at radius 2 is 1.85 bits per heavy atom. The maximum Gasteiger partial charge on any atom is 0.320 e. The van der Waals surface area contributed by atoms with Gasteiger partial charge in [-0.05, 0) is 48.2 Å². The molecule has 0 aliphatic carbocycles. The van der Waals surface area contributed by atoms with Gasteiger partial charge in [0.1, 0.15) is 5.82 Å². The molecule has 0 unspecified atom stereocenters. The van der Waals surface area contributed by atoms with E-state index in [0.717, 1.165) is 40.7 Å². The lowest BCUT2D eigenvalue weighted by atomic mass is 9.99. The number of urea groups is 1. The maximum absolute atomic E-state index is 11.6. The summed E-state index contributed by atoms with van der Waals surface area (Å²) in [4.78, 5) is 22.0. The van der Waals surface area contributed by atoms with Gasteiger partial charge in [-0.1, -0.05) is 12.1 Å². The van der Waals surface area contributed by atoms with Crippen LogP contribution >= 0.6 is 0 Å². The van der Waals surface area contributed by atoms with Gasteiger partial charge < -0.3 is 5.73 Å². The number of rotatable bonds is 2. The Kier molecular flexibility index (Phi) is 4.27. The van der Waals surface area contributed by atoms with Gasteiger partial charge in [0.15, 0.2) is 0 Å². The Hall–Kier alpha value is -3.72. The number of anilines is 1. The first-order valence-electron chi connectivity index (χ1n) is 8.67. The van der Waals surface area contributed by atoms with Crippen LogP contribution in [-0.4, -0.2) is 22.5 Å². The minimum absolute atomic E-state index is 0.475. The van der Waals surface area contributed by atoms with Crippen molar-refractivity contribution in [1.82, 2.24) is 9.97 Å². The lowest BCUT2D eigenvalue weighted by Gasteiger charge is -2.26. The SMILES string of the molecule is N#Cc1cccc(-c2cncc(-c3cnc4c(c3)CCCN4C(N)=O)c2)c1. The van der Waals surface area contributed by atoms with Crippen LogP contribution in [0.1, 0.15) is 17.5 Å². The second-order valence-corrected chi connectivity index (χ2v) is 6.46. The second-order valence-electron chi connectivity index (χ2n) is 6.46. The molecule has 6 heteroatoms. The topological polar surface area (TPSA) is 95.9 Å². The molecule has 0 saturated carbocycles. The fourth-order valence-electron chi connectivity index (χ4n) is 3.36. The number of carbonyl (C=O) groups excluding carboxylic acids is 1. The van der Waals surface area contributed by atoms with E-state index in [4.69, 9.17) is 11.0 Å². The average Bonchev–Trinajstić information content (AvgIpc) is 2.73. The van der Waals surface area contributed by atoms with Crippen molar-refractivity contribution in [2.75, 3.05) is 11.4 Å². The number of amides is 2. The summed E-state index contributed by atoms with van der Waals surface area (Å²) in [6, 6.07) is 13.2. The minimum Gasteiger partial charge on any atom is -0.351 e. The summed E-state index contributed by atoms with van der Waals surface area (Å²) in [5.41, 5.74) is 10.8. The zero-order valence-electron chi connectivity index (χ0n) is 14.6. The standard InChI is InChI=1S/C21H17N5O/c22-10-14-3-1-4-15(7-14)17-9-18(12-24-11-17)19-8-16-5-2-6-26(21(23)27)20(16)25-13-19/h1,3-4,7-9,11-13H,2,5-6H2,(H2,23,27). The van der Waals surface area contributed by atoms with Crippen LogP contribution < -0.4 is 10.6 Å². The third-order valence-electron chi connectivity index (χ3n) is 4.69. The van der Waals surface area contributed by atoms with Crippen molar-refractivity contribution in [2.24, 2.45) is 5.73 Å². The number of carbonyl (C=O) groups is 1. The first-order valence-corrected chi connectivity index (χ1v) is 8.67. The maximum atomic E-state index is 11.6. The van der Waals surface area contributed by atoms with Gasteiger partial charge in [-0.15, -0.1) is 0 Å². The third-order valence-corrected chi connectivity index (χ3v) is 4.69. The van der Waals surface area contributed by atoms with Gasteiger partial charge in [0.05, 0.1) is 11.6 Å². The summed E-state index contributed by atoms with van der Waals surface area (Å²) in [7, 11) is 0. The van der Waals surface area contributed by atoms with Crippen LogP contribution in [-0.2, 0) is 6.42 Å². The van der Waals surface area contributed by atoms with Crippen molar-refractivity contribution in [2.45, 2.75) is 12.8 Å². The Balaban J connectivity index is 1.72. The van der Waals surface area contributed by atoms with Crippen LogP contribution in [0.4, 0.5) is 10.6 Å².